The molecule has 0 atom stereocenters. The number of carbonyl (C=O) groups is 1. The fourth-order valence-corrected chi connectivity index (χ4v) is 3.33. The first-order valence-electron chi connectivity index (χ1n) is 10.3. The molecule has 0 saturated heterocycles. The van der Waals surface area contributed by atoms with Crippen LogP contribution in [-0.2, 0) is 13.1 Å². The zero-order valence-corrected chi connectivity index (χ0v) is 18.1. The molecule has 0 aliphatic heterocycles. The summed E-state index contributed by atoms with van der Waals surface area (Å²) < 4.78 is 0. The number of rotatable bonds is 7. The quantitative estimate of drug-likeness (QED) is 0.449. The summed E-state index contributed by atoms with van der Waals surface area (Å²) in [4.78, 5) is 34.9. The van der Waals surface area contributed by atoms with Gasteiger partial charge in [0.1, 0.15) is 0 Å². The number of carbonyl (C=O) groups excluding carboxylic acids is 1. The van der Waals surface area contributed by atoms with Gasteiger partial charge in [-0.1, -0.05) is 36.4 Å². The van der Waals surface area contributed by atoms with Crippen molar-refractivity contribution in [1.29, 1.82) is 0 Å². The van der Waals surface area contributed by atoms with Crippen LogP contribution in [0.3, 0.4) is 0 Å². The van der Waals surface area contributed by atoms with Crippen LogP contribution in [0.25, 0.3) is 11.3 Å². The van der Waals surface area contributed by atoms with Gasteiger partial charge < -0.3 is 9.80 Å². The van der Waals surface area contributed by atoms with Gasteiger partial charge >= 0.3 is 0 Å². The Morgan fingerprint density at radius 2 is 1.66 bits per heavy atom. The minimum Gasteiger partial charge on any atom is -0.347 e. The summed E-state index contributed by atoms with van der Waals surface area (Å²) in [6.07, 6.45) is 6.76. The first-order valence-corrected chi connectivity index (χ1v) is 10.3. The highest BCUT2D eigenvalue weighted by Gasteiger charge is 2.21. The number of hydrogen-bond donors (Lipinski definition) is 0. The molecule has 1 amide bonds. The predicted molar refractivity (Wildman–Crippen MR) is 124 cm³/mol. The first-order chi connectivity index (χ1) is 15.6. The molecule has 3 aromatic heterocycles. The Bertz CT molecular complexity index is 1170. The molecule has 0 radical (unpaired) electrons. The maximum absolute atomic E-state index is 13.4. The molecule has 1 aromatic carbocycles. The average Bonchev–Trinajstić information content (AvgIpc) is 2.85. The van der Waals surface area contributed by atoms with Gasteiger partial charge in [-0.15, -0.1) is 0 Å². The highest BCUT2D eigenvalue weighted by Crippen LogP contribution is 2.24. The Balaban J connectivity index is 1.75. The van der Waals surface area contributed by atoms with Crippen molar-refractivity contribution in [3.05, 3.63) is 102 Å². The van der Waals surface area contributed by atoms with Crippen LogP contribution in [0.15, 0.2) is 85.5 Å². The summed E-state index contributed by atoms with van der Waals surface area (Å²) in [7, 11) is 3.78. The maximum atomic E-state index is 13.4. The van der Waals surface area contributed by atoms with E-state index in [0.717, 1.165) is 22.5 Å². The summed E-state index contributed by atoms with van der Waals surface area (Å²) in [5, 5.41) is 0. The van der Waals surface area contributed by atoms with Gasteiger partial charge in [-0.3, -0.25) is 14.8 Å². The van der Waals surface area contributed by atoms with Crippen molar-refractivity contribution in [3.8, 4) is 11.3 Å². The first kappa shape index (κ1) is 21.1. The van der Waals surface area contributed by atoms with Gasteiger partial charge in [0.25, 0.3) is 5.91 Å². The van der Waals surface area contributed by atoms with E-state index in [4.69, 9.17) is 4.98 Å². The average molecular weight is 425 g/mol. The summed E-state index contributed by atoms with van der Waals surface area (Å²) in [5.41, 5.74) is 3.86. The molecule has 0 saturated carbocycles. The summed E-state index contributed by atoms with van der Waals surface area (Å²) in [6.45, 7) is 0.745. The maximum Gasteiger partial charge on any atom is 0.256 e. The van der Waals surface area contributed by atoms with Gasteiger partial charge in [-0.25, -0.2) is 9.97 Å². The third-order valence-electron chi connectivity index (χ3n) is 4.95. The van der Waals surface area contributed by atoms with Crippen molar-refractivity contribution in [2.75, 3.05) is 19.0 Å². The second kappa shape index (κ2) is 9.78. The summed E-state index contributed by atoms with van der Waals surface area (Å²) in [5.74, 6) is 0.465. The van der Waals surface area contributed by atoms with Crippen molar-refractivity contribution in [2.45, 2.75) is 13.1 Å². The second-order valence-electron chi connectivity index (χ2n) is 7.53. The molecule has 7 nitrogen and oxygen atoms in total. The Kier molecular flexibility index (Phi) is 6.46. The van der Waals surface area contributed by atoms with Crippen LogP contribution in [0.2, 0.25) is 0 Å². The van der Waals surface area contributed by atoms with Crippen LogP contribution in [-0.4, -0.2) is 44.8 Å². The van der Waals surface area contributed by atoms with Crippen LogP contribution in [0.1, 0.15) is 21.6 Å². The van der Waals surface area contributed by atoms with Gasteiger partial charge in [0.2, 0.25) is 5.95 Å². The minimum absolute atomic E-state index is 0.112. The largest absolute Gasteiger partial charge is 0.347 e. The van der Waals surface area contributed by atoms with E-state index < -0.39 is 0 Å². The van der Waals surface area contributed by atoms with E-state index in [9.17, 15) is 4.79 Å². The Morgan fingerprint density at radius 1 is 0.844 bits per heavy atom. The van der Waals surface area contributed by atoms with E-state index in [1.165, 1.54) is 0 Å². The van der Waals surface area contributed by atoms with E-state index in [0.29, 0.717) is 24.6 Å². The standard InChI is InChI=1S/C25H24N6O/c1-30(2)25-28-16-21(22-12-6-7-14-27-22)23(29-25)18-31(17-19-9-4-3-5-10-19)24(32)20-11-8-13-26-15-20/h3-16H,17-18H2,1-2H3. The molecule has 0 bridgehead atoms. The highest BCUT2D eigenvalue weighted by atomic mass is 16.2. The van der Waals surface area contributed by atoms with E-state index in [-0.39, 0.29) is 5.91 Å². The van der Waals surface area contributed by atoms with Gasteiger partial charge in [0.15, 0.2) is 0 Å². The molecule has 0 fully saturated rings. The van der Waals surface area contributed by atoms with Crippen molar-refractivity contribution < 1.29 is 4.79 Å². The summed E-state index contributed by atoms with van der Waals surface area (Å²) in [6, 6.07) is 19.2. The molecule has 160 valence electrons. The van der Waals surface area contributed by atoms with Crippen LogP contribution in [0.4, 0.5) is 5.95 Å². The molecular weight excluding hydrogens is 400 g/mol. The lowest BCUT2D eigenvalue weighted by atomic mass is 10.1. The van der Waals surface area contributed by atoms with Gasteiger partial charge in [-0.2, -0.15) is 0 Å². The molecule has 0 unspecified atom stereocenters. The normalized spacial score (nSPS) is 10.6. The highest BCUT2D eigenvalue weighted by molar-refractivity contribution is 5.93. The molecule has 32 heavy (non-hydrogen) atoms. The zero-order valence-electron chi connectivity index (χ0n) is 18.1. The Labute approximate surface area is 187 Å². The van der Waals surface area contributed by atoms with Crippen molar-refractivity contribution >= 4 is 11.9 Å². The van der Waals surface area contributed by atoms with Crippen LogP contribution < -0.4 is 4.90 Å². The number of benzene rings is 1. The number of nitrogens with zero attached hydrogens (tertiary/aromatic N) is 6. The molecule has 0 spiro atoms. The minimum atomic E-state index is -0.112. The van der Waals surface area contributed by atoms with Gasteiger partial charge in [0, 0.05) is 51.0 Å². The predicted octanol–water partition coefficient (Wildman–Crippen LogP) is 3.84. The monoisotopic (exact) mass is 424 g/mol. The zero-order chi connectivity index (χ0) is 22.3. The third kappa shape index (κ3) is 4.95. The van der Waals surface area contributed by atoms with E-state index in [1.807, 2.05) is 67.5 Å². The van der Waals surface area contributed by atoms with E-state index >= 15 is 0 Å². The van der Waals surface area contributed by atoms with Crippen molar-refractivity contribution in [2.24, 2.45) is 0 Å². The van der Waals surface area contributed by atoms with Crippen molar-refractivity contribution in [3.63, 3.8) is 0 Å². The topological polar surface area (TPSA) is 75.1 Å². The Morgan fingerprint density at radius 3 is 2.34 bits per heavy atom. The molecule has 0 aliphatic carbocycles. The van der Waals surface area contributed by atoms with E-state index in [2.05, 4.69) is 15.0 Å². The number of aromatic nitrogens is 4. The third-order valence-corrected chi connectivity index (χ3v) is 4.95. The van der Waals surface area contributed by atoms with Gasteiger partial charge in [-0.05, 0) is 29.8 Å². The van der Waals surface area contributed by atoms with Crippen LogP contribution in [0.5, 0.6) is 0 Å². The molecule has 4 aromatic rings. The summed E-state index contributed by atoms with van der Waals surface area (Å²) >= 11 is 0. The lowest BCUT2D eigenvalue weighted by Crippen LogP contribution is -2.31. The Hall–Kier alpha value is -4.13. The smallest absolute Gasteiger partial charge is 0.256 e. The van der Waals surface area contributed by atoms with Crippen LogP contribution >= 0.6 is 0 Å². The van der Waals surface area contributed by atoms with Crippen molar-refractivity contribution in [1.82, 2.24) is 24.8 Å². The number of hydrogen-bond acceptors (Lipinski definition) is 6. The molecular formula is C25H24N6O. The fourth-order valence-electron chi connectivity index (χ4n) is 3.33. The fraction of sp³-hybridized carbons (Fsp3) is 0.160. The lowest BCUT2D eigenvalue weighted by molar-refractivity contribution is 0.0727. The SMILES string of the molecule is CN(C)c1ncc(-c2ccccn2)c(CN(Cc2ccccc2)C(=O)c2cccnc2)n1. The van der Waals surface area contributed by atoms with Gasteiger partial charge in [0.05, 0.1) is 23.5 Å². The second-order valence-corrected chi connectivity index (χ2v) is 7.53. The number of pyridine rings is 2. The molecule has 3 heterocycles. The van der Waals surface area contributed by atoms with Crippen LogP contribution in [0, 0.1) is 0 Å². The molecule has 7 heteroatoms. The lowest BCUT2D eigenvalue weighted by Gasteiger charge is -2.24. The molecule has 0 aliphatic rings. The number of amides is 1. The van der Waals surface area contributed by atoms with E-state index in [1.54, 1.807) is 41.8 Å². The number of anilines is 1. The molecule has 0 N–H and O–H groups in total. The molecule has 4 rings (SSSR count).